The molecule has 0 spiro atoms. The molecule has 194 valence electrons. The lowest BCUT2D eigenvalue weighted by atomic mass is 9.75. The number of rotatable bonds is 17. The number of unbranched alkanes of at least 4 members (excludes halogenated alkanes) is 5. The van der Waals surface area contributed by atoms with Crippen molar-refractivity contribution in [2.75, 3.05) is 0 Å². The van der Waals surface area contributed by atoms with Crippen molar-refractivity contribution in [3.63, 3.8) is 0 Å². The van der Waals surface area contributed by atoms with Gasteiger partial charge in [-0.2, -0.15) is 0 Å². The molecular formula is C28H46O6. The zero-order valence-corrected chi connectivity index (χ0v) is 21.5. The molecule has 0 radical (unpaired) electrons. The van der Waals surface area contributed by atoms with Crippen molar-refractivity contribution in [2.45, 2.75) is 123 Å². The Morgan fingerprint density at radius 1 is 0.882 bits per heavy atom. The third kappa shape index (κ3) is 14.2. The third-order valence-electron chi connectivity index (χ3n) is 6.50. The van der Waals surface area contributed by atoms with Gasteiger partial charge in [-0.05, 0) is 50.5 Å². The van der Waals surface area contributed by atoms with Crippen LogP contribution >= 0.6 is 0 Å². The molecule has 0 aromatic rings. The van der Waals surface area contributed by atoms with Crippen molar-refractivity contribution >= 4 is 17.9 Å². The van der Waals surface area contributed by atoms with Gasteiger partial charge in [0.1, 0.15) is 12.2 Å². The number of allylic oxidation sites excluding steroid dienone is 3. The molecule has 1 N–H and O–H groups in total. The number of carbonyl (C=O) groups is 3. The van der Waals surface area contributed by atoms with Crippen LogP contribution < -0.4 is 0 Å². The Hall–Kier alpha value is -2.11. The van der Waals surface area contributed by atoms with Crippen LogP contribution in [0.2, 0.25) is 0 Å². The summed E-state index contributed by atoms with van der Waals surface area (Å²) in [7, 11) is 0. The molecule has 6 nitrogen and oxygen atoms in total. The Bertz CT molecular complexity index is 653. The Morgan fingerprint density at radius 3 is 2.24 bits per heavy atom. The maximum absolute atomic E-state index is 11.7. The highest BCUT2D eigenvalue weighted by atomic mass is 16.5. The van der Waals surface area contributed by atoms with Crippen LogP contribution in [-0.4, -0.2) is 35.2 Å². The van der Waals surface area contributed by atoms with E-state index in [1.54, 1.807) is 0 Å². The monoisotopic (exact) mass is 478 g/mol. The summed E-state index contributed by atoms with van der Waals surface area (Å²) in [5.74, 6) is -0.924. The van der Waals surface area contributed by atoms with Gasteiger partial charge in [0.15, 0.2) is 0 Å². The third-order valence-corrected chi connectivity index (χ3v) is 6.50. The van der Waals surface area contributed by atoms with E-state index in [1.807, 2.05) is 18.2 Å². The summed E-state index contributed by atoms with van der Waals surface area (Å²) in [4.78, 5) is 34.1. The van der Waals surface area contributed by atoms with E-state index in [4.69, 9.17) is 14.6 Å². The Morgan fingerprint density at radius 2 is 1.56 bits per heavy atom. The fourth-order valence-corrected chi connectivity index (χ4v) is 4.85. The summed E-state index contributed by atoms with van der Waals surface area (Å²) >= 11 is 0. The van der Waals surface area contributed by atoms with Gasteiger partial charge >= 0.3 is 17.9 Å². The smallest absolute Gasteiger partial charge is 0.303 e. The normalized spacial score (nSPS) is 20.3. The van der Waals surface area contributed by atoms with E-state index in [0.29, 0.717) is 12.8 Å². The lowest BCUT2D eigenvalue weighted by molar-refractivity contribution is -0.151. The highest BCUT2D eigenvalue weighted by Gasteiger charge is 2.32. The van der Waals surface area contributed by atoms with Crippen LogP contribution in [0.15, 0.2) is 24.3 Å². The molecule has 6 heteroatoms. The Labute approximate surface area is 206 Å². The molecule has 0 amide bonds. The molecule has 1 saturated carbocycles. The van der Waals surface area contributed by atoms with E-state index < -0.39 is 5.97 Å². The van der Waals surface area contributed by atoms with Gasteiger partial charge < -0.3 is 14.6 Å². The molecule has 1 fully saturated rings. The number of carbonyl (C=O) groups excluding carboxylic acids is 2. The van der Waals surface area contributed by atoms with E-state index in [9.17, 15) is 14.4 Å². The summed E-state index contributed by atoms with van der Waals surface area (Å²) in [6.07, 6.45) is 21.1. The number of hydrogen-bond donors (Lipinski definition) is 1. The van der Waals surface area contributed by atoms with Crippen LogP contribution in [0.4, 0.5) is 0 Å². The quantitative estimate of drug-likeness (QED) is 0.141. The van der Waals surface area contributed by atoms with Crippen LogP contribution in [-0.2, 0) is 23.9 Å². The molecule has 1 rings (SSSR count). The largest absolute Gasteiger partial charge is 0.481 e. The number of ether oxygens (including phenoxy) is 2. The SMILES string of the molecule is CCCCCCCCC(C=CC=CC1CCCCC1C(CCCC(=O)O)OC(C)=O)OC(C)=O. The summed E-state index contributed by atoms with van der Waals surface area (Å²) in [6.45, 7) is 5.07. The summed E-state index contributed by atoms with van der Waals surface area (Å²) in [5, 5.41) is 8.96. The van der Waals surface area contributed by atoms with Crippen molar-refractivity contribution in [1.29, 1.82) is 0 Å². The van der Waals surface area contributed by atoms with E-state index in [-0.39, 0.29) is 42.4 Å². The minimum absolute atomic E-state index is 0.0872. The van der Waals surface area contributed by atoms with Gasteiger partial charge in [-0.15, -0.1) is 0 Å². The zero-order valence-electron chi connectivity index (χ0n) is 21.5. The van der Waals surface area contributed by atoms with Crippen LogP contribution in [0.25, 0.3) is 0 Å². The lowest BCUT2D eigenvalue weighted by Gasteiger charge is -2.35. The predicted molar refractivity (Wildman–Crippen MR) is 134 cm³/mol. The first-order chi connectivity index (χ1) is 16.3. The van der Waals surface area contributed by atoms with Gasteiger partial charge in [0.2, 0.25) is 0 Å². The molecule has 1 aliphatic rings. The average Bonchev–Trinajstić information content (AvgIpc) is 2.77. The molecule has 1 aliphatic carbocycles. The van der Waals surface area contributed by atoms with Gasteiger partial charge in [-0.3, -0.25) is 14.4 Å². The molecule has 4 atom stereocenters. The van der Waals surface area contributed by atoms with Crippen LogP contribution in [0.5, 0.6) is 0 Å². The standard InChI is InChI=1S/C28H46O6/c1-4-5-6-7-8-9-17-25(33-22(2)29)18-12-10-15-24-16-11-13-19-26(24)27(34-23(3)30)20-14-21-28(31)32/h10,12,15,18,24-27H,4-9,11,13-14,16-17,19-21H2,1-3H3,(H,31,32). The molecule has 0 aromatic heterocycles. The first kappa shape index (κ1) is 29.9. The second-order valence-corrected chi connectivity index (χ2v) is 9.52. The molecule has 34 heavy (non-hydrogen) atoms. The van der Waals surface area contributed by atoms with Crippen molar-refractivity contribution in [3.8, 4) is 0 Å². The zero-order chi connectivity index (χ0) is 25.2. The van der Waals surface area contributed by atoms with Crippen LogP contribution in [0, 0.1) is 11.8 Å². The minimum atomic E-state index is -0.824. The maximum atomic E-state index is 11.7. The fourth-order valence-electron chi connectivity index (χ4n) is 4.85. The van der Waals surface area contributed by atoms with Crippen LogP contribution in [0.3, 0.4) is 0 Å². The second-order valence-electron chi connectivity index (χ2n) is 9.52. The number of carboxylic acids is 1. The first-order valence-electron chi connectivity index (χ1n) is 13.2. The van der Waals surface area contributed by atoms with Crippen molar-refractivity contribution in [2.24, 2.45) is 11.8 Å². The van der Waals surface area contributed by atoms with E-state index in [0.717, 1.165) is 44.9 Å². The second kappa shape index (κ2) is 18.2. The van der Waals surface area contributed by atoms with E-state index >= 15 is 0 Å². The van der Waals surface area contributed by atoms with Crippen molar-refractivity contribution < 1.29 is 29.0 Å². The molecule has 0 bridgehead atoms. The molecule has 0 aliphatic heterocycles. The number of carboxylic acid groups (broad SMARTS) is 1. The topological polar surface area (TPSA) is 89.9 Å². The number of aliphatic carboxylic acids is 1. The number of esters is 2. The van der Waals surface area contributed by atoms with E-state index in [1.165, 1.54) is 39.5 Å². The van der Waals surface area contributed by atoms with Gasteiger partial charge in [0, 0.05) is 26.2 Å². The van der Waals surface area contributed by atoms with Gasteiger partial charge in [0.05, 0.1) is 0 Å². The molecular weight excluding hydrogens is 432 g/mol. The van der Waals surface area contributed by atoms with Gasteiger partial charge in [0.25, 0.3) is 0 Å². The summed E-state index contributed by atoms with van der Waals surface area (Å²) < 4.78 is 11.1. The summed E-state index contributed by atoms with van der Waals surface area (Å²) in [6, 6.07) is 0. The molecule has 0 aromatic carbocycles. The molecule has 0 heterocycles. The predicted octanol–water partition coefficient (Wildman–Crippen LogP) is 6.77. The van der Waals surface area contributed by atoms with Gasteiger partial charge in [-0.25, -0.2) is 0 Å². The Balaban J connectivity index is 2.69. The highest BCUT2D eigenvalue weighted by Crippen LogP contribution is 2.36. The first-order valence-corrected chi connectivity index (χ1v) is 13.2. The molecule has 0 saturated heterocycles. The van der Waals surface area contributed by atoms with Crippen molar-refractivity contribution in [1.82, 2.24) is 0 Å². The average molecular weight is 479 g/mol. The van der Waals surface area contributed by atoms with E-state index in [2.05, 4.69) is 13.0 Å². The Kier molecular flexibility index (Phi) is 16.1. The van der Waals surface area contributed by atoms with Crippen LogP contribution in [0.1, 0.15) is 111 Å². The van der Waals surface area contributed by atoms with Gasteiger partial charge in [-0.1, -0.05) is 70.1 Å². The number of hydrogen-bond acceptors (Lipinski definition) is 5. The summed E-state index contributed by atoms with van der Waals surface area (Å²) in [5.41, 5.74) is 0. The lowest BCUT2D eigenvalue weighted by Crippen LogP contribution is -2.33. The fraction of sp³-hybridized carbons (Fsp3) is 0.750. The van der Waals surface area contributed by atoms with Crippen molar-refractivity contribution in [3.05, 3.63) is 24.3 Å². The minimum Gasteiger partial charge on any atom is -0.481 e. The maximum Gasteiger partial charge on any atom is 0.303 e. The highest BCUT2D eigenvalue weighted by molar-refractivity contribution is 5.67. The molecule has 4 unspecified atom stereocenters.